The van der Waals surface area contributed by atoms with Crippen molar-refractivity contribution in [2.75, 3.05) is 99.3 Å². The number of hydrogen-bond acceptors (Lipinski definition) is 6. The third kappa shape index (κ3) is 6.68. The molecule has 0 aromatic rings. The molecule has 10 heteroatoms. The van der Waals surface area contributed by atoms with Crippen molar-refractivity contribution in [3.05, 3.63) is 0 Å². The molecule has 28 heavy (non-hydrogen) atoms. The van der Waals surface area contributed by atoms with Gasteiger partial charge >= 0.3 is 0 Å². The van der Waals surface area contributed by atoms with Gasteiger partial charge in [0.2, 0.25) is 5.91 Å². The first-order valence-corrected chi connectivity index (χ1v) is 10.1. The number of nitrogens with one attached hydrogen (secondary N) is 2. The van der Waals surface area contributed by atoms with Crippen molar-refractivity contribution < 1.29 is 9.53 Å². The summed E-state index contributed by atoms with van der Waals surface area (Å²) >= 11 is 0. The van der Waals surface area contributed by atoms with Crippen LogP contribution in [0.2, 0.25) is 0 Å². The number of halogens is 1. The van der Waals surface area contributed by atoms with E-state index in [2.05, 4.69) is 35.2 Å². The molecule has 4 saturated heterocycles. The van der Waals surface area contributed by atoms with Gasteiger partial charge in [-0.3, -0.25) is 24.5 Å². The van der Waals surface area contributed by atoms with Crippen molar-refractivity contribution in [2.45, 2.75) is 6.04 Å². The quantitative estimate of drug-likeness (QED) is 0.189. The summed E-state index contributed by atoms with van der Waals surface area (Å²) in [5.41, 5.74) is 0. The molecule has 1 amide bonds. The van der Waals surface area contributed by atoms with Crippen LogP contribution in [0.15, 0.2) is 4.99 Å². The molecule has 9 nitrogen and oxygen atoms in total. The van der Waals surface area contributed by atoms with Crippen molar-refractivity contribution in [1.82, 2.24) is 30.2 Å². The molecule has 2 N–H and O–H groups in total. The van der Waals surface area contributed by atoms with Crippen LogP contribution in [0.3, 0.4) is 0 Å². The van der Waals surface area contributed by atoms with Crippen LogP contribution in [0.5, 0.6) is 0 Å². The van der Waals surface area contributed by atoms with Crippen LogP contribution in [0.4, 0.5) is 0 Å². The second kappa shape index (κ2) is 12.1. The highest BCUT2D eigenvalue weighted by atomic mass is 127. The minimum atomic E-state index is 0. The Bertz CT molecular complexity index is 506. The highest BCUT2D eigenvalue weighted by Crippen LogP contribution is 2.15. The van der Waals surface area contributed by atoms with Crippen molar-refractivity contribution >= 4 is 35.8 Å². The fourth-order valence-electron chi connectivity index (χ4n) is 4.13. The number of fused-ring (bicyclic) bond motifs is 3. The van der Waals surface area contributed by atoms with Gasteiger partial charge in [-0.05, 0) is 0 Å². The largest absolute Gasteiger partial charge is 0.383 e. The molecule has 4 heterocycles. The highest BCUT2D eigenvalue weighted by molar-refractivity contribution is 14.0. The van der Waals surface area contributed by atoms with Crippen molar-refractivity contribution in [2.24, 2.45) is 4.99 Å². The van der Waals surface area contributed by atoms with Gasteiger partial charge in [-0.25, -0.2) is 0 Å². The Morgan fingerprint density at radius 2 is 1.79 bits per heavy atom. The number of piperazine rings is 4. The van der Waals surface area contributed by atoms with Gasteiger partial charge in [0.05, 0.1) is 13.2 Å². The number of guanidine groups is 1. The average molecular weight is 509 g/mol. The molecule has 4 aliphatic rings. The average Bonchev–Trinajstić information content (AvgIpc) is 2.71. The van der Waals surface area contributed by atoms with Crippen LogP contribution in [-0.4, -0.2) is 137 Å². The van der Waals surface area contributed by atoms with Crippen LogP contribution in [0.25, 0.3) is 0 Å². The number of amides is 1. The summed E-state index contributed by atoms with van der Waals surface area (Å²) in [6.07, 6.45) is 0. The van der Waals surface area contributed by atoms with E-state index in [0.29, 0.717) is 25.7 Å². The number of carbonyl (C=O) groups excluding carboxylic acids is 1. The van der Waals surface area contributed by atoms with Crippen LogP contribution < -0.4 is 10.6 Å². The lowest BCUT2D eigenvalue weighted by Gasteiger charge is -2.47. The molecule has 0 aromatic heterocycles. The number of methoxy groups -OCH3 is 1. The summed E-state index contributed by atoms with van der Waals surface area (Å²) in [7, 11) is 3.49. The number of carbonyl (C=O) groups is 1. The van der Waals surface area contributed by atoms with Gasteiger partial charge in [0.15, 0.2) is 5.96 Å². The van der Waals surface area contributed by atoms with Gasteiger partial charge in [-0.2, -0.15) is 0 Å². The highest BCUT2D eigenvalue weighted by Gasteiger charge is 2.32. The smallest absolute Gasteiger partial charge is 0.234 e. The van der Waals surface area contributed by atoms with Gasteiger partial charge in [0, 0.05) is 92.2 Å². The molecule has 0 aliphatic carbocycles. The fraction of sp³-hybridized carbons (Fsp3) is 0.889. The van der Waals surface area contributed by atoms with E-state index >= 15 is 0 Å². The molecule has 1 unspecified atom stereocenters. The van der Waals surface area contributed by atoms with E-state index in [0.717, 1.165) is 45.2 Å². The van der Waals surface area contributed by atoms with Gasteiger partial charge in [-0.1, -0.05) is 0 Å². The number of nitrogens with zero attached hydrogens (tertiary/aromatic N) is 5. The molecule has 0 spiro atoms. The molecule has 0 aromatic carbocycles. The molecule has 1 atom stereocenters. The number of ether oxygens (including phenoxy) is 1. The zero-order chi connectivity index (χ0) is 19.1. The Labute approximate surface area is 185 Å². The van der Waals surface area contributed by atoms with E-state index in [4.69, 9.17) is 4.74 Å². The summed E-state index contributed by atoms with van der Waals surface area (Å²) < 4.78 is 4.96. The molecule has 0 saturated carbocycles. The topological polar surface area (TPSA) is 75.7 Å². The molecule has 4 aliphatic heterocycles. The van der Waals surface area contributed by atoms with Crippen LogP contribution in [-0.2, 0) is 9.53 Å². The summed E-state index contributed by atoms with van der Waals surface area (Å²) in [6, 6.07) is 0.585. The Morgan fingerprint density at radius 3 is 2.36 bits per heavy atom. The summed E-state index contributed by atoms with van der Waals surface area (Å²) in [5.74, 6) is 1.05. The summed E-state index contributed by atoms with van der Waals surface area (Å²) in [5, 5.41) is 6.46. The molecule has 162 valence electrons. The van der Waals surface area contributed by atoms with Crippen molar-refractivity contribution in [3.8, 4) is 0 Å². The standard InChI is InChI=1S/C18H35N7O2.HI/c1-19-18(21-13-16-14-22-4-8-24(16)9-5-22)25-10-6-23(7-11-25)15-17(26)20-3-12-27-2;/h16H,3-15H2,1-2H3,(H,19,21)(H,20,26);1H. The number of aliphatic imine (C=N–C) groups is 1. The minimum absolute atomic E-state index is 0. The minimum Gasteiger partial charge on any atom is -0.383 e. The van der Waals surface area contributed by atoms with Gasteiger partial charge in [-0.15, -0.1) is 24.0 Å². The predicted octanol–water partition coefficient (Wildman–Crippen LogP) is -1.44. The van der Waals surface area contributed by atoms with E-state index < -0.39 is 0 Å². The van der Waals surface area contributed by atoms with Crippen LogP contribution in [0.1, 0.15) is 0 Å². The second-order valence-corrected chi connectivity index (χ2v) is 7.52. The van der Waals surface area contributed by atoms with Crippen LogP contribution >= 0.6 is 24.0 Å². The molecular formula is C18H36IN7O2. The van der Waals surface area contributed by atoms with Gasteiger partial charge < -0.3 is 20.3 Å². The van der Waals surface area contributed by atoms with Crippen molar-refractivity contribution in [3.63, 3.8) is 0 Å². The van der Waals surface area contributed by atoms with Gasteiger partial charge in [0.25, 0.3) is 0 Å². The summed E-state index contributed by atoms with van der Waals surface area (Å²) in [6.45, 7) is 12.0. The van der Waals surface area contributed by atoms with E-state index in [-0.39, 0.29) is 29.9 Å². The maximum absolute atomic E-state index is 11.9. The Balaban J connectivity index is 0.00000280. The zero-order valence-corrected chi connectivity index (χ0v) is 19.6. The maximum atomic E-state index is 11.9. The third-order valence-corrected chi connectivity index (χ3v) is 5.77. The van der Waals surface area contributed by atoms with Crippen LogP contribution in [0, 0.1) is 0 Å². The zero-order valence-electron chi connectivity index (χ0n) is 17.2. The lowest BCUT2D eigenvalue weighted by molar-refractivity contribution is -0.122. The van der Waals surface area contributed by atoms with Crippen molar-refractivity contribution in [1.29, 1.82) is 0 Å². The lowest BCUT2D eigenvalue weighted by Crippen LogP contribution is -2.64. The Hall–Kier alpha value is -0.690. The molecule has 4 fully saturated rings. The molecule has 0 radical (unpaired) electrons. The SMILES string of the molecule is CN=C(NCC1CN2CCN1CC2)N1CCN(CC(=O)NCCOC)CC1.I. The molecular weight excluding hydrogens is 473 g/mol. The first kappa shape index (κ1) is 23.6. The number of rotatable bonds is 7. The Morgan fingerprint density at radius 1 is 1.07 bits per heavy atom. The van der Waals surface area contributed by atoms with E-state index in [1.807, 2.05) is 7.05 Å². The predicted molar refractivity (Wildman–Crippen MR) is 121 cm³/mol. The van der Waals surface area contributed by atoms with E-state index in [1.165, 1.54) is 26.2 Å². The lowest BCUT2D eigenvalue weighted by atomic mass is 10.1. The van der Waals surface area contributed by atoms with E-state index in [1.54, 1.807) is 7.11 Å². The molecule has 4 rings (SSSR count). The monoisotopic (exact) mass is 509 g/mol. The Kier molecular flexibility index (Phi) is 10.2. The fourth-order valence-corrected chi connectivity index (χ4v) is 4.13. The normalized spacial score (nSPS) is 28.0. The first-order chi connectivity index (χ1) is 13.2. The van der Waals surface area contributed by atoms with Gasteiger partial charge in [0.1, 0.15) is 0 Å². The molecule has 2 bridgehead atoms. The van der Waals surface area contributed by atoms with E-state index in [9.17, 15) is 4.79 Å². The first-order valence-electron chi connectivity index (χ1n) is 10.1. The second-order valence-electron chi connectivity index (χ2n) is 7.52. The maximum Gasteiger partial charge on any atom is 0.234 e. The summed E-state index contributed by atoms with van der Waals surface area (Å²) in [4.78, 5) is 26.1. The third-order valence-electron chi connectivity index (χ3n) is 5.77. The number of hydrogen-bond donors (Lipinski definition) is 2.